The van der Waals surface area contributed by atoms with Gasteiger partial charge in [0.05, 0.1) is 18.8 Å². The lowest BCUT2D eigenvalue weighted by Crippen LogP contribution is -2.26. The van der Waals surface area contributed by atoms with Crippen molar-refractivity contribution in [3.63, 3.8) is 0 Å². The number of ether oxygens (including phenoxy) is 2. The molecule has 0 saturated heterocycles. The monoisotopic (exact) mass is 447 g/mol. The van der Waals surface area contributed by atoms with Crippen LogP contribution in [0.3, 0.4) is 0 Å². The zero-order chi connectivity index (χ0) is 23.5. The summed E-state index contributed by atoms with van der Waals surface area (Å²) >= 11 is 0. The fourth-order valence-corrected chi connectivity index (χ4v) is 3.17. The number of amides is 2. The summed E-state index contributed by atoms with van der Waals surface area (Å²) in [5, 5.41) is 5.93. The Bertz CT molecular complexity index is 1060. The molecule has 0 aliphatic rings. The highest BCUT2D eigenvalue weighted by molar-refractivity contribution is 6.06. The van der Waals surface area contributed by atoms with Gasteiger partial charge in [-0.15, -0.1) is 0 Å². The van der Waals surface area contributed by atoms with E-state index < -0.39 is 0 Å². The number of nitrogens with one attached hydrogen (secondary N) is 2. The zero-order valence-corrected chi connectivity index (χ0v) is 18.9. The summed E-state index contributed by atoms with van der Waals surface area (Å²) in [5.41, 5.74) is 2.55. The molecule has 2 amide bonds. The Balaban J connectivity index is 1.57. The molecular formula is C26H29N3O4. The molecule has 0 fully saturated rings. The molecule has 0 unspecified atom stereocenters. The van der Waals surface area contributed by atoms with Gasteiger partial charge in [0.1, 0.15) is 12.4 Å². The number of para-hydroxylation sites is 3. The second-order valence-corrected chi connectivity index (χ2v) is 7.22. The Labute approximate surface area is 194 Å². The molecule has 0 heterocycles. The molecule has 33 heavy (non-hydrogen) atoms. The van der Waals surface area contributed by atoms with Crippen molar-refractivity contribution in [1.29, 1.82) is 0 Å². The minimum absolute atomic E-state index is 0.0495. The molecule has 7 heteroatoms. The number of rotatable bonds is 11. The molecule has 3 aromatic rings. The second-order valence-electron chi connectivity index (χ2n) is 7.22. The summed E-state index contributed by atoms with van der Waals surface area (Å²) in [5.74, 6) is 0.259. The fraction of sp³-hybridized carbons (Fsp3) is 0.231. The lowest BCUT2D eigenvalue weighted by atomic mass is 10.1. The van der Waals surface area contributed by atoms with Gasteiger partial charge in [0.25, 0.3) is 5.91 Å². The van der Waals surface area contributed by atoms with Crippen LogP contribution in [0.25, 0.3) is 0 Å². The van der Waals surface area contributed by atoms with Crippen molar-refractivity contribution in [3.8, 4) is 5.75 Å². The Morgan fingerprint density at radius 1 is 0.909 bits per heavy atom. The number of anilines is 3. The maximum absolute atomic E-state index is 12.8. The van der Waals surface area contributed by atoms with Crippen LogP contribution in [0.15, 0.2) is 78.9 Å². The average molecular weight is 448 g/mol. The van der Waals surface area contributed by atoms with Gasteiger partial charge in [0.15, 0.2) is 0 Å². The Morgan fingerprint density at radius 3 is 2.45 bits per heavy atom. The van der Waals surface area contributed by atoms with E-state index >= 15 is 0 Å². The molecular weight excluding hydrogens is 418 g/mol. The molecule has 0 spiro atoms. The van der Waals surface area contributed by atoms with Crippen molar-refractivity contribution in [2.75, 3.05) is 48.9 Å². The summed E-state index contributed by atoms with van der Waals surface area (Å²) in [6.45, 7) is 3.55. The topological polar surface area (TPSA) is 79.9 Å². The molecule has 0 radical (unpaired) electrons. The van der Waals surface area contributed by atoms with E-state index in [1.807, 2.05) is 61.5 Å². The van der Waals surface area contributed by atoms with E-state index in [0.717, 1.165) is 11.4 Å². The Hall–Kier alpha value is -3.84. The minimum Gasteiger partial charge on any atom is -0.489 e. The van der Waals surface area contributed by atoms with Crippen molar-refractivity contribution >= 4 is 28.9 Å². The van der Waals surface area contributed by atoms with Crippen LogP contribution in [-0.4, -0.2) is 45.2 Å². The Kier molecular flexibility index (Phi) is 8.85. The molecule has 172 valence electrons. The third-order valence-electron chi connectivity index (χ3n) is 4.86. The van der Waals surface area contributed by atoms with Crippen molar-refractivity contribution in [2.45, 2.75) is 6.92 Å². The van der Waals surface area contributed by atoms with Crippen LogP contribution < -0.4 is 20.3 Å². The van der Waals surface area contributed by atoms with Crippen molar-refractivity contribution in [3.05, 3.63) is 84.4 Å². The molecule has 0 aliphatic carbocycles. The second kappa shape index (κ2) is 12.3. The third kappa shape index (κ3) is 7.08. The van der Waals surface area contributed by atoms with E-state index in [9.17, 15) is 9.59 Å². The highest BCUT2D eigenvalue weighted by Crippen LogP contribution is 2.23. The van der Waals surface area contributed by atoms with Crippen LogP contribution in [0.1, 0.15) is 17.3 Å². The minimum atomic E-state index is -0.236. The Morgan fingerprint density at radius 2 is 1.67 bits per heavy atom. The van der Waals surface area contributed by atoms with E-state index in [1.54, 1.807) is 36.2 Å². The molecule has 0 atom stereocenters. The highest BCUT2D eigenvalue weighted by Gasteiger charge is 2.14. The molecule has 0 aliphatic heterocycles. The van der Waals surface area contributed by atoms with Crippen LogP contribution in [0.4, 0.5) is 17.1 Å². The first-order valence-corrected chi connectivity index (χ1v) is 10.8. The quantitative estimate of drug-likeness (QED) is 0.425. The first kappa shape index (κ1) is 23.8. The van der Waals surface area contributed by atoms with Gasteiger partial charge in [-0.05, 0) is 49.4 Å². The number of nitrogens with zero attached hydrogens (tertiary/aromatic N) is 1. The van der Waals surface area contributed by atoms with Crippen LogP contribution in [-0.2, 0) is 9.53 Å². The molecule has 7 nitrogen and oxygen atoms in total. The number of hydrogen-bond donors (Lipinski definition) is 2. The van der Waals surface area contributed by atoms with Gasteiger partial charge in [-0.2, -0.15) is 0 Å². The molecule has 3 rings (SSSR count). The molecule has 3 aromatic carbocycles. The zero-order valence-electron chi connectivity index (χ0n) is 18.9. The van der Waals surface area contributed by atoms with Gasteiger partial charge < -0.3 is 25.0 Å². The van der Waals surface area contributed by atoms with Gasteiger partial charge in [0, 0.05) is 30.6 Å². The van der Waals surface area contributed by atoms with Gasteiger partial charge in [-0.3, -0.25) is 9.59 Å². The van der Waals surface area contributed by atoms with Crippen LogP contribution >= 0.6 is 0 Å². The molecule has 0 bridgehead atoms. The SMILES string of the molecule is CCOCCOc1ccccc1NCC(=O)Nc1cccc(C(=O)N(C)c2ccccc2)c1. The normalized spacial score (nSPS) is 10.4. The van der Waals surface area contributed by atoms with E-state index in [1.165, 1.54) is 0 Å². The summed E-state index contributed by atoms with van der Waals surface area (Å²) < 4.78 is 11.0. The number of hydrogen-bond acceptors (Lipinski definition) is 5. The van der Waals surface area contributed by atoms with Crippen molar-refractivity contribution < 1.29 is 19.1 Å². The lowest BCUT2D eigenvalue weighted by Gasteiger charge is -2.18. The van der Waals surface area contributed by atoms with Crippen molar-refractivity contribution in [1.82, 2.24) is 0 Å². The van der Waals surface area contributed by atoms with E-state index in [4.69, 9.17) is 9.47 Å². The predicted octanol–water partition coefficient (Wildman–Crippen LogP) is 4.43. The van der Waals surface area contributed by atoms with E-state index in [2.05, 4.69) is 10.6 Å². The largest absolute Gasteiger partial charge is 0.489 e. The first-order valence-electron chi connectivity index (χ1n) is 10.8. The summed E-state index contributed by atoms with van der Waals surface area (Å²) in [6.07, 6.45) is 0. The maximum Gasteiger partial charge on any atom is 0.258 e. The lowest BCUT2D eigenvalue weighted by molar-refractivity contribution is -0.114. The fourth-order valence-electron chi connectivity index (χ4n) is 3.17. The maximum atomic E-state index is 12.8. The van der Waals surface area contributed by atoms with Gasteiger partial charge in [0.2, 0.25) is 5.91 Å². The molecule has 0 aromatic heterocycles. The van der Waals surface area contributed by atoms with E-state index in [0.29, 0.717) is 36.8 Å². The summed E-state index contributed by atoms with van der Waals surface area (Å²) in [6, 6.07) is 23.7. The van der Waals surface area contributed by atoms with Gasteiger partial charge in [-0.25, -0.2) is 0 Å². The number of benzene rings is 3. The molecule has 2 N–H and O–H groups in total. The van der Waals surface area contributed by atoms with Crippen LogP contribution in [0, 0.1) is 0 Å². The van der Waals surface area contributed by atoms with Crippen LogP contribution in [0.2, 0.25) is 0 Å². The summed E-state index contributed by atoms with van der Waals surface area (Å²) in [4.78, 5) is 26.9. The highest BCUT2D eigenvalue weighted by atomic mass is 16.5. The third-order valence-corrected chi connectivity index (χ3v) is 4.86. The van der Waals surface area contributed by atoms with Gasteiger partial charge in [-0.1, -0.05) is 36.4 Å². The van der Waals surface area contributed by atoms with Gasteiger partial charge >= 0.3 is 0 Å². The average Bonchev–Trinajstić information content (AvgIpc) is 2.85. The molecule has 0 saturated carbocycles. The smallest absolute Gasteiger partial charge is 0.258 e. The predicted molar refractivity (Wildman–Crippen MR) is 131 cm³/mol. The van der Waals surface area contributed by atoms with Crippen molar-refractivity contribution in [2.24, 2.45) is 0 Å². The number of carbonyl (C=O) groups excluding carboxylic acids is 2. The summed E-state index contributed by atoms with van der Waals surface area (Å²) in [7, 11) is 1.72. The first-order chi connectivity index (χ1) is 16.1. The van der Waals surface area contributed by atoms with E-state index in [-0.39, 0.29) is 18.4 Å². The standard InChI is InChI=1S/C26H29N3O4/c1-3-32-16-17-33-24-15-8-7-14-23(24)27-19-25(30)28-21-11-9-10-20(18-21)26(31)29(2)22-12-5-4-6-13-22/h4-15,18,27H,3,16-17,19H2,1-2H3,(H,28,30). The number of carbonyl (C=O) groups is 2. The van der Waals surface area contributed by atoms with Crippen LogP contribution in [0.5, 0.6) is 5.75 Å².